The van der Waals surface area contributed by atoms with Gasteiger partial charge in [-0.25, -0.2) is 9.59 Å². The summed E-state index contributed by atoms with van der Waals surface area (Å²) >= 11 is 0. The molecule has 0 radical (unpaired) electrons. The monoisotopic (exact) mass is 476 g/mol. The van der Waals surface area contributed by atoms with E-state index in [2.05, 4.69) is 0 Å². The fourth-order valence-corrected chi connectivity index (χ4v) is 4.10. The lowest BCUT2D eigenvalue weighted by molar-refractivity contribution is -0.235. The fraction of sp³-hybridized carbons (Fsp3) is 0.391. The number of carbonyl (C=O) groups excluding carboxylic acids is 2. The van der Waals surface area contributed by atoms with Gasteiger partial charge in [-0.3, -0.25) is 0 Å². The Balaban J connectivity index is 1.64. The van der Waals surface area contributed by atoms with Crippen LogP contribution in [0, 0.1) is 0 Å². The number of hydrogen-bond acceptors (Lipinski definition) is 11. The van der Waals surface area contributed by atoms with Gasteiger partial charge in [0, 0.05) is 5.56 Å². The number of aliphatic hydroxyl groups excluding tert-OH is 2. The molecule has 11 heteroatoms. The van der Waals surface area contributed by atoms with Gasteiger partial charge in [0.15, 0.2) is 17.6 Å². The van der Waals surface area contributed by atoms with Crippen LogP contribution in [0.15, 0.2) is 30.3 Å². The Morgan fingerprint density at radius 3 is 2.29 bits per heavy atom. The highest BCUT2D eigenvalue weighted by Gasteiger charge is 2.52. The van der Waals surface area contributed by atoms with Crippen molar-refractivity contribution in [1.29, 1.82) is 0 Å². The molecule has 0 amide bonds. The third-order valence-electron chi connectivity index (χ3n) is 5.78. The van der Waals surface area contributed by atoms with Crippen LogP contribution in [-0.4, -0.2) is 79.6 Å². The summed E-state index contributed by atoms with van der Waals surface area (Å²) in [6.45, 7) is -0.403. The predicted molar refractivity (Wildman–Crippen MR) is 113 cm³/mol. The molecule has 0 bridgehead atoms. The van der Waals surface area contributed by atoms with E-state index in [1.807, 2.05) is 0 Å². The number of hydrogen-bond donors (Lipinski definition) is 3. The van der Waals surface area contributed by atoms with Crippen LogP contribution in [0.4, 0.5) is 0 Å². The molecule has 2 heterocycles. The SMILES string of the molecule is COc1cc2c(c(OC)c1OC)[C@@H]1O[C@H](COC(=O)c3ccc(O)cc3)[C@@H](O)[C@H](O)[C@H]1OC2=O. The first kappa shape index (κ1) is 23.6. The van der Waals surface area contributed by atoms with Crippen LogP contribution in [-0.2, 0) is 14.2 Å². The molecule has 182 valence electrons. The van der Waals surface area contributed by atoms with Gasteiger partial charge in [-0.05, 0) is 30.3 Å². The Kier molecular flexibility index (Phi) is 6.51. The maximum Gasteiger partial charge on any atom is 0.339 e. The number of fused-ring (bicyclic) bond motifs is 3. The van der Waals surface area contributed by atoms with Crippen molar-refractivity contribution in [2.75, 3.05) is 27.9 Å². The van der Waals surface area contributed by atoms with E-state index in [-0.39, 0.29) is 39.7 Å². The summed E-state index contributed by atoms with van der Waals surface area (Å²) in [5.74, 6) is -0.911. The maximum atomic E-state index is 12.7. The first-order chi connectivity index (χ1) is 16.3. The van der Waals surface area contributed by atoms with Crippen LogP contribution in [0.3, 0.4) is 0 Å². The van der Waals surface area contributed by atoms with Gasteiger partial charge in [0.25, 0.3) is 0 Å². The molecular formula is C23H24O11. The summed E-state index contributed by atoms with van der Waals surface area (Å²) in [5.41, 5.74) is 0.512. The number of aliphatic hydroxyl groups is 2. The van der Waals surface area contributed by atoms with Crippen molar-refractivity contribution in [2.24, 2.45) is 0 Å². The second-order valence-electron chi connectivity index (χ2n) is 7.70. The lowest BCUT2D eigenvalue weighted by Crippen LogP contribution is -2.58. The zero-order valence-corrected chi connectivity index (χ0v) is 18.6. The summed E-state index contributed by atoms with van der Waals surface area (Å²) in [7, 11) is 4.17. The van der Waals surface area contributed by atoms with Crippen molar-refractivity contribution in [2.45, 2.75) is 30.5 Å². The Morgan fingerprint density at radius 2 is 1.68 bits per heavy atom. The number of esters is 2. The number of phenolic OH excluding ortho intramolecular Hbond substituents is 1. The minimum absolute atomic E-state index is 0.0109. The van der Waals surface area contributed by atoms with Gasteiger partial charge < -0.3 is 43.7 Å². The van der Waals surface area contributed by atoms with Crippen LogP contribution < -0.4 is 14.2 Å². The Hall–Kier alpha value is -3.54. The molecule has 1 saturated heterocycles. The Morgan fingerprint density at radius 1 is 1.00 bits per heavy atom. The molecule has 2 aromatic carbocycles. The van der Waals surface area contributed by atoms with E-state index < -0.39 is 49.1 Å². The van der Waals surface area contributed by atoms with Crippen molar-refractivity contribution in [1.82, 2.24) is 0 Å². The first-order valence-electron chi connectivity index (χ1n) is 10.3. The summed E-state index contributed by atoms with van der Waals surface area (Å²) in [6, 6.07) is 6.83. The molecule has 4 rings (SSSR count). The van der Waals surface area contributed by atoms with Crippen LogP contribution in [0.25, 0.3) is 0 Å². The van der Waals surface area contributed by atoms with Gasteiger partial charge in [0.05, 0.1) is 32.5 Å². The molecule has 34 heavy (non-hydrogen) atoms. The number of aromatic hydroxyl groups is 1. The second kappa shape index (κ2) is 9.37. The van der Waals surface area contributed by atoms with E-state index in [1.165, 1.54) is 51.7 Å². The van der Waals surface area contributed by atoms with E-state index in [1.54, 1.807) is 0 Å². The third-order valence-corrected chi connectivity index (χ3v) is 5.78. The molecule has 2 aliphatic heterocycles. The normalized spacial score (nSPS) is 25.4. The third kappa shape index (κ3) is 3.98. The highest BCUT2D eigenvalue weighted by Crippen LogP contribution is 2.50. The molecule has 0 spiro atoms. The standard InChI is InChI=1S/C23H24O11/c1-29-13-8-12-15(19(31-3)18(13)30-2)20-21(34-23(12)28)17(26)16(25)14(33-20)9-32-22(27)10-4-6-11(24)7-5-10/h4-8,14,16-17,20-21,24-26H,9H2,1-3H3/t14-,16-,17+,20+,21-/m1/s1. The van der Waals surface area contributed by atoms with Crippen molar-refractivity contribution in [3.63, 3.8) is 0 Å². The highest BCUT2D eigenvalue weighted by atomic mass is 16.6. The average molecular weight is 476 g/mol. The van der Waals surface area contributed by atoms with E-state index in [0.29, 0.717) is 0 Å². The molecule has 2 aromatic rings. The molecule has 0 saturated carbocycles. The zero-order chi connectivity index (χ0) is 24.6. The van der Waals surface area contributed by atoms with Gasteiger partial charge in [-0.1, -0.05) is 0 Å². The molecule has 0 aliphatic carbocycles. The largest absolute Gasteiger partial charge is 0.508 e. The number of phenols is 1. The highest BCUT2D eigenvalue weighted by molar-refractivity contribution is 5.95. The van der Waals surface area contributed by atoms with Crippen molar-refractivity contribution >= 4 is 11.9 Å². The minimum Gasteiger partial charge on any atom is -0.508 e. The van der Waals surface area contributed by atoms with E-state index >= 15 is 0 Å². The molecule has 5 atom stereocenters. The van der Waals surface area contributed by atoms with E-state index in [4.69, 9.17) is 28.4 Å². The Bertz CT molecular complexity index is 1080. The lowest BCUT2D eigenvalue weighted by Gasteiger charge is -2.45. The van der Waals surface area contributed by atoms with Crippen LogP contribution in [0.2, 0.25) is 0 Å². The molecule has 0 unspecified atom stereocenters. The predicted octanol–water partition coefficient (Wildman–Crippen LogP) is 0.976. The number of ether oxygens (including phenoxy) is 6. The molecule has 11 nitrogen and oxygen atoms in total. The molecular weight excluding hydrogens is 452 g/mol. The van der Waals surface area contributed by atoms with E-state index in [0.717, 1.165) is 0 Å². The van der Waals surface area contributed by atoms with Crippen LogP contribution >= 0.6 is 0 Å². The Labute approximate surface area is 194 Å². The van der Waals surface area contributed by atoms with Gasteiger partial charge >= 0.3 is 11.9 Å². The first-order valence-corrected chi connectivity index (χ1v) is 10.3. The van der Waals surface area contributed by atoms with Crippen LogP contribution in [0.5, 0.6) is 23.0 Å². The zero-order valence-electron chi connectivity index (χ0n) is 18.6. The van der Waals surface area contributed by atoms with E-state index in [9.17, 15) is 24.9 Å². The van der Waals surface area contributed by atoms with Crippen molar-refractivity contribution in [3.8, 4) is 23.0 Å². The number of rotatable bonds is 6. The quantitative estimate of drug-likeness (QED) is 0.512. The second-order valence-corrected chi connectivity index (χ2v) is 7.70. The smallest absolute Gasteiger partial charge is 0.339 e. The molecule has 0 aromatic heterocycles. The van der Waals surface area contributed by atoms with Crippen LogP contribution in [0.1, 0.15) is 32.4 Å². The van der Waals surface area contributed by atoms with Gasteiger partial charge in [0.2, 0.25) is 5.75 Å². The number of benzene rings is 2. The summed E-state index contributed by atoms with van der Waals surface area (Å²) in [6.07, 6.45) is -6.51. The van der Waals surface area contributed by atoms with Gasteiger partial charge in [0.1, 0.15) is 36.8 Å². The lowest BCUT2D eigenvalue weighted by atomic mass is 9.86. The number of methoxy groups -OCH3 is 3. The minimum atomic E-state index is -1.54. The summed E-state index contributed by atoms with van der Waals surface area (Å²) < 4.78 is 32.8. The average Bonchev–Trinajstić information content (AvgIpc) is 2.84. The fourth-order valence-electron chi connectivity index (χ4n) is 4.10. The van der Waals surface area contributed by atoms with Crippen molar-refractivity contribution in [3.05, 3.63) is 47.0 Å². The van der Waals surface area contributed by atoms with Gasteiger partial charge in [-0.2, -0.15) is 0 Å². The summed E-state index contributed by atoms with van der Waals surface area (Å²) in [4.78, 5) is 25.0. The van der Waals surface area contributed by atoms with Gasteiger partial charge in [-0.15, -0.1) is 0 Å². The maximum absolute atomic E-state index is 12.7. The molecule has 1 fully saturated rings. The van der Waals surface area contributed by atoms with Crippen molar-refractivity contribution < 1.29 is 53.3 Å². The summed E-state index contributed by atoms with van der Waals surface area (Å²) in [5, 5.41) is 30.7. The number of carbonyl (C=O) groups is 2. The topological polar surface area (TPSA) is 150 Å². The molecule has 2 aliphatic rings. The molecule has 3 N–H and O–H groups in total.